The van der Waals surface area contributed by atoms with Crippen LogP contribution >= 0.6 is 11.8 Å². The molecular weight excluding hydrogens is 516 g/mol. The molecule has 2 aromatic rings. The maximum atomic E-state index is 13.0. The molecule has 36 heavy (non-hydrogen) atoms. The fourth-order valence-corrected chi connectivity index (χ4v) is 5.24. The Morgan fingerprint density at radius 1 is 1.08 bits per heavy atom. The van der Waals surface area contributed by atoms with E-state index in [1.165, 1.54) is 32.4 Å². The summed E-state index contributed by atoms with van der Waals surface area (Å²) < 4.78 is 39.6. The fraction of sp³-hybridized carbons (Fsp3) is 0.143. The summed E-state index contributed by atoms with van der Waals surface area (Å²) >= 11 is 0.693. The summed E-state index contributed by atoms with van der Waals surface area (Å²) in [5, 5.41) is 22.2. The number of hydrogen-bond acceptors (Lipinski definition) is 10. The van der Waals surface area contributed by atoms with E-state index in [2.05, 4.69) is 11.0 Å². The van der Waals surface area contributed by atoms with E-state index < -0.39 is 25.8 Å². The molecule has 0 spiro atoms. The van der Waals surface area contributed by atoms with Gasteiger partial charge in [-0.05, 0) is 36.0 Å². The van der Waals surface area contributed by atoms with Crippen LogP contribution in [0.3, 0.4) is 0 Å². The average Bonchev–Trinajstić information content (AvgIpc) is 3.12. The molecule has 15 heteroatoms. The second-order valence-electron chi connectivity index (χ2n) is 6.94. The minimum absolute atomic E-state index is 0.0199. The van der Waals surface area contributed by atoms with Crippen LogP contribution in [0.5, 0.6) is 11.5 Å². The van der Waals surface area contributed by atoms with Crippen molar-refractivity contribution in [3.8, 4) is 11.5 Å². The van der Waals surface area contributed by atoms with Gasteiger partial charge in [0.25, 0.3) is 27.3 Å². The molecule has 1 aliphatic heterocycles. The number of nitro benzene ring substituents is 2. The predicted octanol–water partition coefficient (Wildman–Crippen LogP) is 3.37. The van der Waals surface area contributed by atoms with Crippen molar-refractivity contribution in [2.24, 2.45) is 4.40 Å². The largest absolute Gasteiger partial charge is 0.493 e. The number of amides is 1. The summed E-state index contributed by atoms with van der Waals surface area (Å²) in [4.78, 5) is 34.8. The van der Waals surface area contributed by atoms with Gasteiger partial charge in [-0.25, -0.2) is 0 Å². The van der Waals surface area contributed by atoms with Gasteiger partial charge >= 0.3 is 0 Å². The number of non-ortho nitro benzene ring substituents is 1. The molecule has 0 atom stereocenters. The first kappa shape index (κ1) is 26.4. The maximum Gasteiger partial charge on any atom is 0.284 e. The quantitative estimate of drug-likeness (QED) is 0.201. The van der Waals surface area contributed by atoms with E-state index in [9.17, 15) is 33.4 Å². The molecule has 1 aliphatic rings. The number of ether oxygens (including phenoxy) is 2. The van der Waals surface area contributed by atoms with Gasteiger partial charge < -0.3 is 9.47 Å². The molecule has 0 aromatic heterocycles. The number of nitrogens with zero attached hydrogens (tertiary/aromatic N) is 4. The third-order valence-corrected chi connectivity index (χ3v) is 7.16. The number of carbonyl (C=O) groups is 1. The number of methoxy groups -OCH3 is 2. The number of rotatable bonds is 9. The zero-order chi connectivity index (χ0) is 26.6. The number of thioether (sulfide) groups is 1. The summed E-state index contributed by atoms with van der Waals surface area (Å²) in [6.45, 7) is 3.46. The zero-order valence-corrected chi connectivity index (χ0v) is 20.4. The summed E-state index contributed by atoms with van der Waals surface area (Å²) in [7, 11) is -1.69. The second kappa shape index (κ2) is 10.6. The predicted molar refractivity (Wildman–Crippen MR) is 131 cm³/mol. The molecule has 1 saturated heterocycles. The molecule has 0 N–H and O–H groups in total. The highest BCUT2D eigenvalue weighted by molar-refractivity contribution is 8.19. The molecule has 1 amide bonds. The number of hydrogen-bond donors (Lipinski definition) is 0. The van der Waals surface area contributed by atoms with Crippen molar-refractivity contribution >= 4 is 50.3 Å². The lowest BCUT2D eigenvalue weighted by Crippen LogP contribution is -2.29. The normalized spacial score (nSPS) is 15.8. The van der Waals surface area contributed by atoms with Crippen LogP contribution in [0.1, 0.15) is 5.56 Å². The van der Waals surface area contributed by atoms with Crippen molar-refractivity contribution in [3.05, 3.63) is 79.8 Å². The van der Waals surface area contributed by atoms with Crippen LogP contribution in [0.2, 0.25) is 0 Å². The van der Waals surface area contributed by atoms with Crippen molar-refractivity contribution in [2.45, 2.75) is 4.90 Å². The lowest BCUT2D eigenvalue weighted by Gasteiger charge is -2.12. The molecule has 13 nitrogen and oxygen atoms in total. The van der Waals surface area contributed by atoms with Crippen molar-refractivity contribution in [1.29, 1.82) is 0 Å². The first-order valence-corrected chi connectivity index (χ1v) is 12.1. The van der Waals surface area contributed by atoms with Crippen LogP contribution < -0.4 is 9.47 Å². The number of nitro groups is 2. The van der Waals surface area contributed by atoms with Gasteiger partial charge in [0.15, 0.2) is 16.7 Å². The Hall–Kier alpha value is -4.24. The Balaban J connectivity index is 2.07. The highest BCUT2D eigenvalue weighted by Gasteiger charge is 2.35. The van der Waals surface area contributed by atoms with Gasteiger partial charge in [-0.3, -0.25) is 29.9 Å². The van der Waals surface area contributed by atoms with Gasteiger partial charge in [-0.15, -0.1) is 11.0 Å². The minimum Gasteiger partial charge on any atom is -0.493 e. The Labute approximate surface area is 209 Å². The lowest BCUT2D eigenvalue weighted by molar-refractivity contribution is -0.385. The summed E-state index contributed by atoms with van der Waals surface area (Å²) in [6, 6.07) is 6.55. The first-order valence-electron chi connectivity index (χ1n) is 9.84. The van der Waals surface area contributed by atoms with Gasteiger partial charge in [-0.1, -0.05) is 6.08 Å². The highest BCUT2D eigenvalue weighted by atomic mass is 32.2. The third-order valence-electron chi connectivity index (χ3n) is 4.76. The summed E-state index contributed by atoms with van der Waals surface area (Å²) in [5.74, 6) is -0.355. The SMILES string of the molecule is C=CCN1C(=O)/C(=C\c2cc(OC)c(OC)cc2[N+](=O)[O-])S/C1=N/S(=O)(=O)c1ccc([N+](=O)[O-])cc1. The van der Waals surface area contributed by atoms with Crippen molar-refractivity contribution in [3.63, 3.8) is 0 Å². The lowest BCUT2D eigenvalue weighted by atomic mass is 10.1. The molecule has 0 saturated carbocycles. The van der Waals surface area contributed by atoms with Crippen LogP contribution in [-0.4, -0.2) is 55.0 Å². The van der Waals surface area contributed by atoms with Crippen molar-refractivity contribution in [1.82, 2.24) is 4.90 Å². The molecule has 188 valence electrons. The van der Waals surface area contributed by atoms with E-state index in [1.807, 2.05) is 0 Å². The number of amidine groups is 1. The molecule has 2 aromatic carbocycles. The fourth-order valence-electron chi connectivity index (χ4n) is 3.06. The van der Waals surface area contributed by atoms with Gasteiger partial charge in [0.05, 0.1) is 45.5 Å². The van der Waals surface area contributed by atoms with Gasteiger partial charge in [0.1, 0.15) is 0 Å². The molecule has 0 aliphatic carbocycles. The van der Waals surface area contributed by atoms with Gasteiger partial charge in [-0.2, -0.15) is 8.42 Å². The number of benzene rings is 2. The Morgan fingerprint density at radius 2 is 1.69 bits per heavy atom. The summed E-state index contributed by atoms with van der Waals surface area (Å²) in [6.07, 6.45) is 2.58. The molecule has 1 heterocycles. The van der Waals surface area contributed by atoms with E-state index in [-0.39, 0.29) is 50.0 Å². The number of carbonyl (C=O) groups excluding carboxylic acids is 1. The number of sulfonamides is 1. The molecule has 3 rings (SSSR count). The highest BCUT2D eigenvalue weighted by Crippen LogP contribution is 2.39. The van der Waals surface area contributed by atoms with E-state index >= 15 is 0 Å². The summed E-state index contributed by atoms with van der Waals surface area (Å²) in [5.41, 5.74) is -0.652. The van der Waals surface area contributed by atoms with Gasteiger partial charge in [0, 0.05) is 18.7 Å². The zero-order valence-electron chi connectivity index (χ0n) is 18.8. The van der Waals surface area contributed by atoms with Crippen LogP contribution in [0, 0.1) is 20.2 Å². The van der Waals surface area contributed by atoms with Crippen molar-refractivity contribution < 1.29 is 32.5 Å². The maximum absolute atomic E-state index is 13.0. The topological polar surface area (TPSA) is 172 Å². The minimum atomic E-state index is -4.35. The standard InChI is InChI=1S/C21H18N4O9S2/c1-4-9-23-20(26)19(11-13-10-17(33-2)18(34-3)12-16(13)25(29)30)35-21(23)22-36(31,32)15-7-5-14(6-8-15)24(27)28/h4-8,10-12H,1,9H2,2-3H3/b19-11+,22-21+. The van der Waals surface area contributed by atoms with Crippen LogP contribution in [-0.2, 0) is 14.8 Å². The second-order valence-corrected chi connectivity index (χ2v) is 9.55. The molecule has 1 fully saturated rings. The Kier molecular flexibility index (Phi) is 7.74. The van der Waals surface area contributed by atoms with Crippen LogP contribution in [0.25, 0.3) is 6.08 Å². The first-order chi connectivity index (χ1) is 17.0. The average molecular weight is 535 g/mol. The van der Waals surface area contributed by atoms with Crippen LogP contribution in [0.4, 0.5) is 11.4 Å². The van der Waals surface area contributed by atoms with E-state index in [1.54, 1.807) is 0 Å². The molecule has 0 bridgehead atoms. The van der Waals surface area contributed by atoms with Gasteiger partial charge in [0.2, 0.25) is 0 Å². The monoisotopic (exact) mass is 534 g/mol. The van der Waals surface area contributed by atoms with E-state index in [0.29, 0.717) is 11.8 Å². The van der Waals surface area contributed by atoms with Crippen LogP contribution in [0.15, 0.2) is 63.3 Å². The third kappa shape index (κ3) is 5.36. The Bertz CT molecular complexity index is 1420. The smallest absolute Gasteiger partial charge is 0.284 e. The van der Waals surface area contributed by atoms with E-state index in [4.69, 9.17) is 9.47 Å². The van der Waals surface area contributed by atoms with Crippen molar-refractivity contribution in [2.75, 3.05) is 20.8 Å². The molecule has 0 unspecified atom stereocenters. The molecular formula is C21H18N4O9S2. The van der Waals surface area contributed by atoms with E-state index in [0.717, 1.165) is 35.2 Å². The molecule has 0 radical (unpaired) electrons. The Morgan fingerprint density at radius 3 is 2.22 bits per heavy atom.